The molecule has 0 saturated carbocycles. The molecule has 12 aromatic rings. The first-order chi connectivity index (χ1) is 32.7. The van der Waals surface area contributed by atoms with Crippen LogP contribution in [-0.2, 0) is 0 Å². The van der Waals surface area contributed by atoms with Gasteiger partial charge in [-0.1, -0.05) is 194 Å². The van der Waals surface area contributed by atoms with Crippen molar-refractivity contribution in [3.63, 3.8) is 0 Å². The molecule has 2 heteroatoms. The maximum atomic E-state index is 2.38. The summed E-state index contributed by atoms with van der Waals surface area (Å²) in [6.45, 7) is 0. The maximum absolute atomic E-state index is 2.38. The lowest BCUT2D eigenvalue weighted by Gasteiger charge is -2.26. The van der Waals surface area contributed by atoms with Gasteiger partial charge in [0.05, 0.1) is 11.0 Å². The molecule has 0 aliphatic rings. The predicted molar refractivity (Wildman–Crippen MR) is 280 cm³/mol. The molecule has 0 saturated heterocycles. The van der Waals surface area contributed by atoms with Crippen LogP contribution in [0.5, 0.6) is 0 Å². The smallest absolute Gasteiger partial charge is 0.0541 e. The maximum Gasteiger partial charge on any atom is 0.0541 e. The van der Waals surface area contributed by atoms with Gasteiger partial charge in [0.1, 0.15) is 0 Å². The Balaban J connectivity index is 0.885. The lowest BCUT2D eigenvalue weighted by molar-refractivity contribution is 1.18. The van der Waals surface area contributed by atoms with E-state index in [4.69, 9.17) is 0 Å². The van der Waals surface area contributed by atoms with E-state index in [0.29, 0.717) is 0 Å². The Morgan fingerprint density at radius 3 is 1.15 bits per heavy atom. The molecule has 0 fully saturated rings. The van der Waals surface area contributed by atoms with Gasteiger partial charge in [-0.05, 0) is 139 Å². The summed E-state index contributed by atoms with van der Waals surface area (Å²) in [5, 5.41) is 5.03. The highest BCUT2D eigenvalue weighted by atomic mass is 15.1. The quantitative estimate of drug-likeness (QED) is 0.141. The van der Waals surface area contributed by atoms with E-state index in [1.807, 2.05) is 0 Å². The first-order valence-electron chi connectivity index (χ1n) is 22.7. The second kappa shape index (κ2) is 16.8. The third-order valence-electron chi connectivity index (χ3n) is 13.0. The standard InChI is InChI=1S/C64H44N2/c1-2-12-45(13-3-1)47-24-26-48(27-25-47)49-30-36-57(37-31-49)65(58-38-32-50(33-39-58)53-16-10-17-54(42-53)56-29-28-46-14-4-5-15-52(46)43-56)59-40-34-51(35-41-59)55-18-11-19-60(44-55)66-63-22-8-6-20-61(63)62-21-7-9-23-64(62)66/h1-44H. The van der Waals surface area contributed by atoms with Crippen molar-refractivity contribution in [2.24, 2.45) is 0 Å². The second-order valence-corrected chi connectivity index (χ2v) is 17.0. The van der Waals surface area contributed by atoms with Crippen LogP contribution in [0.25, 0.3) is 93.9 Å². The van der Waals surface area contributed by atoms with Gasteiger partial charge in [0.15, 0.2) is 0 Å². The molecular formula is C64H44N2. The Morgan fingerprint density at radius 1 is 0.227 bits per heavy atom. The molecule has 1 aromatic heterocycles. The van der Waals surface area contributed by atoms with Crippen LogP contribution in [-0.4, -0.2) is 4.57 Å². The van der Waals surface area contributed by atoms with Crippen molar-refractivity contribution in [2.45, 2.75) is 0 Å². The van der Waals surface area contributed by atoms with Crippen molar-refractivity contribution in [2.75, 3.05) is 4.90 Å². The van der Waals surface area contributed by atoms with Gasteiger partial charge in [-0.2, -0.15) is 0 Å². The summed E-state index contributed by atoms with van der Waals surface area (Å²) in [4.78, 5) is 2.36. The minimum absolute atomic E-state index is 1.09. The number of anilines is 3. The van der Waals surface area contributed by atoms with E-state index < -0.39 is 0 Å². The summed E-state index contributed by atoms with van der Waals surface area (Å²) < 4.78 is 2.38. The first-order valence-corrected chi connectivity index (χ1v) is 22.7. The molecule has 310 valence electrons. The van der Waals surface area contributed by atoms with Crippen LogP contribution in [0.2, 0.25) is 0 Å². The number of hydrogen-bond acceptors (Lipinski definition) is 1. The van der Waals surface area contributed by atoms with Crippen molar-refractivity contribution < 1.29 is 0 Å². The number of nitrogens with zero attached hydrogens (tertiary/aromatic N) is 2. The number of para-hydroxylation sites is 2. The van der Waals surface area contributed by atoms with E-state index in [9.17, 15) is 0 Å². The van der Waals surface area contributed by atoms with Gasteiger partial charge in [-0.3, -0.25) is 0 Å². The molecule has 0 bridgehead atoms. The zero-order valence-electron chi connectivity index (χ0n) is 36.3. The third-order valence-corrected chi connectivity index (χ3v) is 13.0. The summed E-state index contributed by atoms with van der Waals surface area (Å²) in [6.07, 6.45) is 0. The molecular weight excluding hydrogens is 797 g/mol. The van der Waals surface area contributed by atoms with E-state index in [1.54, 1.807) is 0 Å². The van der Waals surface area contributed by atoms with Crippen molar-refractivity contribution >= 4 is 49.6 Å². The summed E-state index contributed by atoms with van der Waals surface area (Å²) in [7, 11) is 0. The second-order valence-electron chi connectivity index (χ2n) is 17.0. The number of benzene rings is 11. The van der Waals surface area contributed by atoms with Crippen molar-refractivity contribution in [3.05, 3.63) is 267 Å². The minimum Gasteiger partial charge on any atom is -0.311 e. The summed E-state index contributed by atoms with van der Waals surface area (Å²) >= 11 is 0. The zero-order valence-corrected chi connectivity index (χ0v) is 36.3. The van der Waals surface area contributed by atoms with E-state index in [-0.39, 0.29) is 0 Å². The third kappa shape index (κ3) is 7.31. The Kier molecular flexibility index (Phi) is 9.89. The number of aromatic nitrogens is 1. The normalized spacial score (nSPS) is 11.3. The summed E-state index contributed by atoms with van der Waals surface area (Å²) in [6, 6.07) is 96.8. The van der Waals surface area contributed by atoms with Crippen LogP contribution in [0, 0.1) is 0 Å². The first kappa shape index (κ1) is 38.9. The van der Waals surface area contributed by atoms with Gasteiger partial charge < -0.3 is 9.47 Å². The number of hydrogen-bond donors (Lipinski definition) is 0. The number of rotatable bonds is 9. The Labute approximate surface area is 385 Å². The van der Waals surface area contributed by atoms with Crippen LogP contribution >= 0.6 is 0 Å². The molecule has 2 nitrogen and oxygen atoms in total. The highest BCUT2D eigenvalue weighted by molar-refractivity contribution is 6.09. The average molecular weight is 841 g/mol. The summed E-state index contributed by atoms with van der Waals surface area (Å²) in [5.41, 5.74) is 18.8. The van der Waals surface area contributed by atoms with Crippen molar-refractivity contribution in [3.8, 4) is 61.3 Å². The summed E-state index contributed by atoms with van der Waals surface area (Å²) in [5.74, 6) is 0. The molecule has 0 N–H and O–H groups in total. The highest BCUT2D eigenvalue weighted by Crippen LogP contribution is 2.39. The van der Waals surface area contributed by atoms with E-state index in [2.05, 4.69) is 276 Å². The molecule has 0 amide bonds. The molecule has 0 atom stereocenters. The topological polar surface area (TPSA) is 8.17 Å². The fraction of sp³-hybridized carbons (Fsp3) is 0. The largest absolute Gasteiger partial charge is 0.311 e. The molecule has 11 aromatic carbocycles. The van der Waals surface area contributed by atoms with E-state index in [0.717, 1.165) is 28.3 Å². The molecule has 12 rings (SSSR count). The number of fused-ring (bicyclic) bond motifs is 4. The SMILES string of the molecule is c1ccc(-c2ccc(-c3ccc(N(c4ccc(-c5cccc(-c6ccc7ccccc7c6)c5)cc4)c4ccc(-c5cccc(-n6c7ccccc7c7ccccc76)c5)cc4)cc3)cc2)cc1. The van der Waals surface area contributed by atoms with Crippen LogP contribution in [0.15, 0.2) is 267 Å². The van der Waals surface area contributed by atoms with Crippen LogP contribution < -0.4 is 4.90 Å². The van der Waals surface area contributed by atoms with Gasteiger partial charge in [-0.25, -0.2) is 0 Å². The molecule has 0 aliphatic carbocycles. The minimum atomic E-state index is 1.09. The fourth-order valence-electron chi connectivity index (χ4n) is 9.61. The van der Waals surface area contributed by atoms with Crippen molar-refractivity contribution in [1.82, 2.24) is 4.57 Å². The Morgan fingerprint density at radius 2 is 0.591 bits per heavy atom. The predicted octanol–water partition coefficient (Wildman–Crippen LogP) is 17.7. The lowest BCUT2D eigenvalue weighted by atomic mass is 9.97. The van der Waals surface area contributed by atoms with Gasteiger partial charge in [0.2, 0.25) is 0 Å². The average Bonchev–Trinajstić information content (AvgIpc) is 3.74. The van der Waals surface area contributed by atoms with Gasteiger partial charge in [-0.15, -0.1) is 0 Å². The van der Waals surface area contributed by atoms with Crippen LogP contribution in [0.3, 0.4) is 0 Å². The molecule has 66 heavy (non-hydrogen) atoms. The van der Waals surface area contributed by atoms with Gasteiger partial charge in [0, 0.05) is 33.5 Å². The Bertz CT molecular complexity index is 3610. The molecule has 1 heterocycles. The van der Waals surface area contributed by atoms with Crippen LogP contribution in [0.4, 0.5) is 17.1 Å². The lowest BCUT2D eigenvalue weighted by Crippen LogP contribution is -2.09. The van der Waals surface area contributed by atoms with Crippen molar-refractivity contribution in [1.29, 1.82) is 0 Å². The zero-order chi connectivity index (χ0) is 43.8. The van der Waals surface area contributed by atoms with E-state index in [1.165, 1.54) is 82.6 Å². The van der Waals surface area contributed by atoms with Gasteiger partial charge in [0.25, 0.3) is 0 Å². The molecule has 0 aliphatic heterocycles. The highest BCUT2D eigenvalue weighted by Gasteiger charge is 2.16. The molecule has 0 spiro atoms. The van der Waals surface area contributed by atoms with Crippen LogP contribution in [0.1, 0.15) is 0 Å². The fourth-order valence-corrected chi connectivity index (χ4v) is 9.61. The molecule has 0 radical (unpaired) electrons. The molecule has 0 unspecified atom stereocenters. The van der Waals surface area contributed by atoms with Gasteiger partial charge >= 0.3 is 0 Å². The Hall–Kier alpha value is -8.72. The monoisotopic (exact) mass is 840 g/mol. The van der Waals surface area contributed by atoms with E-state index >= 15 is 0 Å².